The molecule has 3 atom stereocenters. The van der Waals surface area contributed by atoms with Gasteiger partial charge in [0.05, 0.1) is 36.8 Å². The van der Waals surface area contributed by atoms with Gasteiger partial charge >= 0.3 is 0 Å². The minimum atomic E-state index is -1.16. The lowest BCUT2D eigenvalue weighted by molar-refractivity contribution is -0.126. The van der Waals surface area contributed by atoms with Crippen LogP contribution in [-0.2, 0) is 29.1 Å². The van der Waals surface area contributed by atoms with E-state index in [-0.39, 0.29) is 12.5 Å². The third-order valence-corrected chi connectivity index (χ3v) is 8.65. The molecular formula is C35H41ClN6O4. The van der Waals surface area contributed by atoms with Crippen LogP contribution in [-0.4, -0.2) is 75.1 Å². The Kier molecular flexibility index (Phi) is 10.7. The van der Waals surface area contributed by atoms with Gasteiger partial charge in [0, 0.05) is 29.7 Å². The predicted octanol–water partition coefficient (Wildman–Crippen LogP) is 3.59. The lowest BCUT2D eigenvalue weighted by atomic mass is 10.00. The normalized spacial score (nSPS) is 19.6. The molecule has 0 aliphatic carbocycles. The van der Waals surface area contributed by atoms with Crippen LogP contribution < -0.4 is 16.0 Å². The Morgan fingerprint density at radius 2 is 1.78 bits per heavy atom. The maximum Gasteiger partial charge on any atom is 0.252 e. The van der Waals surface area contributed by atoms with Gasteiger partial charge in [-0.2, -0.15) is 0 Å². The van der Waals surface area contributed by atoms with E-state index in [4.69, 9.17) is 16.6 Å². The highest BCUT2D eigenvalue weighted by molar-refractivity contribution is 6.31. The summed E-state index contributed by atoms with van der Waals surface area (Å²) in [4.78, 5) is 46.6. The van der Waals surface area contributed by atoms with Crippen LogP contribution in [0.2, 0.25) is 5.02 Å². The Hall–Kier alpha value is -4.25. The second-order valence-electron chi connectivity index (χ2n) is 12.1. The van der Waals surface area contributed by atoms with Crippen molar-refractivity contribution in [3.63, 3.8) is 0 Å². The van der Waals surface area contributed by atoms with Gasteiger partial charge in [-0.05, 0) is 80.6 Å². The van der Waals surface area contributed by atoms with Crippen molar-refractivity contribution in [2.24, 2.45) is 0 Å². The molecule has 0 spiro atoms. The van der Waals surface area contributed by atoms with Gasteiger partial charge in [0.1, 0.15) is 11.9 Å². The topological polar surface area (TPSA) is 129 Å². The molecule has 3 aromatic carbocycles. The van der Waals surface area contributed by atoms with Gasteiger partial charge in [0.15, 0.2) is 0 Å². The summed E-state index contributed by atoms with van der Waals surface area (Å²) in [7, 11) is 0. The zero-order valence-corrected chi connectivity index (χ0v) is 27.2. The maximum atomic E-state index is 13.4. The number of hydrogen-bond acceptors (Lipinski definition) is 6. The van der Waals surface area contributed by atoms with Crippen LogP contribution in [0, 0.1) is 6.92 Å². The molecule has 46 heavy (non-hydrogen) atoms. The fourth-order valence-electron chi connectivity index (χ4n) is 5.85. The quantitative estimate of drug-likeness (QED) is 0.263. The first-order chi connectivity index (χ1) is 22.1. The van der Waals surface area contributed by atoms with E-state index in [9.17, 15) is 19.5 Å². The number of aliphatic hydroxyl groups is 1. The summed E-state index contributed by atoms with van der Waals surface area (Å²) in [6.45, 7) is 6.98. The van der Waals surface area contributed by atoms with Crippen LogP contribution in [0.15, 0.2) is 66.7 Å². The number of imidazole rings is 1. The van der Waals surface area contributed by atoms with Gasteiger partial charge in [-0.3, -0.25) is 19.3 Å². The largest absolute Gasteiger partial charge is 0.391 e. The van der Waals surface area contributed by atoms with Crippen molar-refractivity contribution < 1.29 is 19.5 Å². The van der Waals surface area contributed by atoms with Crippen molar-refractivity contribution >= 4 is 40.4 Å². The van der Waals surface area contributed by atoms with E-state index in [1.54, 1.807) is 12.1 Å². The molecule has 0 saturated heterocycles. The Morgan fingerprint density at radius 1 is 1.02 bits per heavy atom. The van der Waals surface area contributed by atoms with Crippen LogP contribution in [0.25, 0.3) is 11.0 Å². The number of aromatic nitrogens is 2. The number of nitrogens with one attached hydrogen (secondary N) is 3. The highest BCUT2D eigenvalue weighted by Crippen LogP contribution is 2.23. The van der Waals surface area contributed by atoms with E-state index in [2.05, 4.69) is 20.5 Å². The summed E-state index contributed by atoms with van der Waals surface area (Å²) >= 11 is 6.54. The fraction of sp³-hybridized carbons (Fsp3) is 0.371. The number of nitrogens with zero attached hydrogens (tertiary/aromatic N) is 3. The number of carbonyl (C=O) groups is 3. The van der Waals surface area contributed by atoms with Gasteiger partial charge in [-0.25, -0.2) is 4.98 Å². The van der Waals surface area contributed by atoms with Crippen LogP contribution in [0.4, 0.5) is 0 Å². The molecule has 5 rings (SSSR count). The number of halogens is 1. The van der Waals surface area contributed by atoms with Crippen LogP contribution in [0.5, 0.6) is 0 Å². The first kappa shape index (κ1) is 33.1. The Balaban J connectivity index is 1.43. The minimum absolute atomic E-state index is 0.0839. The number of benzene rings is 3. The number of rotatable bonds is 5. The fourth-order valence-corrected chi connectivity index (χ4v) is 6.04. The molecule has 4 N–H and O–H groups in total. The number of para-hydroxylation sites is 2. The van der Waals surface area contributed by atoms with Crippen LogP contribution >= 0.6 is 11.6 Å². The molecule has 0 saturated carbocycles. The average molecular weight is 645 g/mol. The third-order valence-electron chi connectivity index (χ3n) is 8.28. The summed E-state index contributed by atoms with van der Waals surface area (Å²) in [5.74, 6) is -0.336. The van der Waals surface area contributed by atoms with Crippen molar-refractivity contribution in [1.82, 2.24) is 30.4 Å². The molecule has 11 heteroatoms. The van der Waals surface area contributed by atoms with Gasteiger partial charge in [0.25, 0.3) is 5.91 Å². The Morgan fingerprint density at radius 3 is 2.57 bits per heavy atom. The molecule has 2 heterocycles. The van der Waals surface area contributed by atoms with Gasteiger partial charge in [0.2, 0.25) is 11.8 Å². The van der Waals surface area contributed by atoms with Crippen molar-refractivity contribution in [3.05, 3.63) is 99.8 Å². The molecule has 4 aromatic rings. The molecule has 10 nitrogen and oxygen atoms in total. The van der Waals surface area contributed by atoms with E-state index < -0.39 is 30.0 Å². The standard InChI is InChI=1S/C35H41ClN6O4/c1-22-14-15-26-17-25(22)10-8-16-37-32(44)21-41(18-23(2)38-35(46)33(24(3)43)40-34(26)45)20-31-39-29-12-6-7-13-30(29)42(31)19-27-9-4-5-11-28(27)36/h4-7,9,11-15,17,23-24,33,43H,8,10,16,18-21H2,1-3H3,(H,37,44)(H,38,46)(H,40,45)/t23-,24-,33+/m1/s1. The molecule has 0 fully saturated rings. The van der Waals surface area contributed by atoms with Crippen molar-refractivity contribution in [2.75, 3.05) is 19.6 Å². The molecule has 0 unspecified atom stereocenters. The number of aliphatic hydroxyl groups excluding tert-OH is 1. The zero-order valence-electron chi connectivity index (χ0n) is 26.4. The lowest BCUT2D eigenvalue weighted by Gasteiger charge is -2.28. The summed E-state index contributed by atoms with van der Waals surface area (Å²) in [5, 5.41) is 19.8. The molecule has 2 bridgehead atoms. The number of carbonyl (C=O) groups excluding carboxylic acids is 3. The van der Waals surface area contributed by atoms with Crippen LogP contribution in [0.3, 0.4) is 0 Å². The number of aryl methyl sites for hydroxylation is 2. The average Bonchev–Trinajstić information content (AvgIpc) is 3.35. The second kappa shape index (κ2) is 14.9. The van der Waals surface area contributed by atoms with Gasteiger partial charge < -0.3 is 25.6 Å². The molecule has 0 radical (unpaired) electrons. The summed E-state index contributed by atoms with van der Waals surface area (Å²) in [5.41, 5.74) is 5.15. The summed E-state index contributed by atoms with van der Waals surface area (Å²) in [6, 6.07) is 19.3. The lowest BCUT2D eigenvalue weighted by Crippen LogP contribution is -2.55. The van der Waals surface area contributed by atoms with E-state index >= 15 is 0 Å². The second-order valence-corrected chi connectivity index (χ2v) is 12.5. The molecule has 1 aromatic heterocycles. The molecule has 3 amide bonds. The maximum absolute atomic E-state index is 13.4. The van der Waals surface area contributed by atoms with Crippen molar-refractivity contribution in [3.8, 4) is 0 Å². The monoisotopic (exact) mass is 644 g/mol. The van der Waals surface area contributed by atoms with Crippen LogP contribution in [0.1, 0.15) is 53.1 Å². The van der Waals surface area contributed by atoms with E-state index in [1.807, 2.05) is 73.3 Å². The molecular weight excluding hydrogens is 604 g/mol. The third kappa shape index (κ3) is 8.12. The first-order valence-corrected chi connectivity index (χ1v) is 16.0. The van der Waals surface area contributed by atoms with E-state index in [0.29, 0.717) is 49.6 Å². The number of hydrogen-bond donors (Lipinski definition) is 4. The Bertz CT molecular complexity index is 1720. The first-order valence-electron chi connectivity index (χ1n) is 15.6. The highest BCUT2D eigenvalue weighted by Gasteiger charge is 2.28. The van der Waals surface area contributed by atoms with Gasteiger partial charge in [-0.1, -0.05) is 48.0 Å². The predicted molar refractivity (Wildman–Crippen MR) is 179 cm³/mol. The zero-order chi connectivity index (χ0) is 32.8. The van der Waals surface area contributed by atoms with Crippen molar-refractivity contribution in [2.45, 2.75) is 64.9 Å². The van der Waals surface area contributed by atoms with Gasteiger partial charge in [-0.15, -0.1) is 0 Å². The number of amides is 3. The van der Waals surface area contributed by atoms with E-state index in [1.165, 1.54) is 6.92 Å². The molecule has 1 aliphatic heterocycles. The SMILES string of the molecule is Cc1ccc2cc1CCCNC(=O)CN(Cc1nc3ccccc3n1Cc1ccccc1Cl)C[C@@H](C)NC(=O)[C@H]([C@@H](C)O)NC2=O. The molecule has 242 valence electrons. The molecule has 1 aliphatic rings. The minimum Gasteiger partial charge on any atom is -0.391 e. The number of fused-ring (bicyclic) bond motifs is 3. The summed E-state index contributed by atoms with van der Waals surface area (Å²) < 4.78 is 2.11. The highest BCUT2D eigenvalue weighted by atomic mass is 35.5. The van der Waals surface area contributed by atoms with E-state index in [0.717, 1.165) is 33.5 Å². The Labute approximate surface area is 274 Å². The van der Waals surface area contributed by atoms with Crippen molar-refractivity contribution in [1.29, 1.82) is 0 Å². The summed E-state index contributed by atoms with van der Waals surface area (Å²) in [6.07, 6.45) is 0.230. The smallest absolute Gasteiger partial charge is 0.252 e.